The zero-order valence-corrected chi connectivity index (χ0v) is 7.48. The van der Waals surface area contributed by atoms with Crippen molar-refractivity contribution in [1.82, 2.24) is 5.32 Å². The summed E-state index contributed by atoms with van der Waals surface area (Å²) in [5, 5.41) is 10.7. The smallest absolute Gasteiger partial charge is 0.0974 e. The van der Waals surface area contributed by atoms with Gasteiger partial charge in [-0.05, 0) is 16.2 Å². The van der Waals surface area contributed by atoms with Gasteiger partial charge in [0.2, 0.25) is 0 Å². The van der Waals surface area contributed by atoms with Crippen LogP contribution in [0, 0.1) is 0 Å². The van der Waals surface area contributed by atoms with E-state index in [1.165, 1.54) is 9.27 Å². The molecular formula is C6H5NS3. The molecule has 0 saturated heterocycles. The summed E-state index contributed by atoms with van der Waals surface area (Å²) in [6, 6.07) is 0. The highest BCUT2D eigenvalue weighted by atomic mass is 32.2. The molecule has 4 heteroatoms. The van der Waals surface area contributed by atoms with Crippen molar-refractivity contribution in [2.45, 2.75) is 0 Å². The lowest BCUT2D eigenvalue weighted by Gasteiger charge is -1.99. The molecule has 0 amide bonds. The first-order valence-corrected chi connectivity index (χ1v) is 5.41. The molecule has 0 fully saturated rings. The van der Waals surface area contributed by atoms with Crippen LogP contribution in [0.4, 0.5) is 0 Å². The van der Waals surface area contributed by atoms with E-state index in [2.05, 4.69) is 21.5 Å². The van der Waals surface area contributed by atoms with Gasteiger partial charge < -0.3 is 5.32 Å². The number of hydrogen-bond acceptors (Lipinski definition) is 4. The van der Waals surface area contributed by atoms with Crippen molar-refractivity contribution in [1.29, 1.82) is 0 Å². The van der Waals surface area contributed by atoms with Gasteiger partial charge in [0.25, 0.3) is 0 Å². The van der Waals surface area contributed by atoms with Crippen LogP contribution in [0.3, 0.4) is 0 Å². The SMILES string of the molecule is C1=CSC(=C2SC=CS2)N1. The van der Waals surface area contributed by atoms with Gasteiger partial charge in [0.1, 0.15) is 0 Å². The lowest BCUT2D eigenvalue weighted by molar-refractivity contribution is 1.19. The molecule has 52 valence electrons. The van der Waals surface area contributed by atoms with Crippen molar-refractivity contribution in [3.63, 3.8) is 0 Å². The zero-order chi connectivity index (χ0) is 6.81. The molecule has 1 N–H and O–H groups in total. The summed E-state index contributed by atoms with van der Waals surface area (Å²) in [4.78, 5) is 0. The first kappa shape index (κ1) is 6.76. The summed E-state index contributed by atoms with van der Waals surface area (Å²) in [6.07, 6.45) is 1.96. The van der Waals surface area contributed by atoms with Crippen molar-refractivity contribution in [3.8, 4) is 0 Å². The minimum atomic E-state index is 1.26. The van der Waals surface area contributed by atoms with Gasteiger partial charge in [-0.3, -0.25) is 0 Å². The molecule has 0 spiro atoms. The Balaban J connectivity index is 2.14. The highest BCUT2D eigenvalue weighted by molar-refractivity contribution is 8.28. The van der Waals surface area contributed by atoms with E-state index < -0.39 is 0 Å². The molecule has 0 aliphatic carbocycles. The molecule has 10 heavy (non-hydrogen) atoms. The van der Waals surface area contributed by atoms with Gasteiger partial charge in [0.05, 0.1) is 9.27 Å². The fraction of sp³-hybridized carbons (Fsp3) is 0. The van der Waals surface area contributed by atoms with Gasteiger partial charge in [-0.25, -0.2) is 0 Å². The zero-order valence-electron chi connectivity index (χ0n) is 5.03. The molecule has 1 nitrogen and oxygen atoms in total. The lowest BCUT2D eigenvalue weighted by atomic mass is 10.9. The van der Waals surface area contributed by atoms with E-state index in [1.807, 2.05) is 6.20 Å². The first-order valence-electron chi connectivity index (χ1n) is 2.77. The number of hydrogen-bond donors (Lipinski definition) is 1. The van der Waals surface area contributed by atoms with Gasteiger partial charge >= 0.3 is 0 Å². The van der Waals surface area contributed by atoms with Crippen LogP contribution in [-0.2, 0) is 0 Å². The predicted octanol–water partition coefficient (Wildman–Crippen LogP) is 2.87. The summed E-state index contributed by atoms with van der Waals surface area (Å²) in [6.45, 7) is 0. The van der Waals surface area contributed by atoms with Crippen molar-refractivity contribution < 1.29 is 0 Å². The Morgan fingerprint density at radius 1 is 1.00 bits per heavy atom. The molecule has 0 aromatic carbocycles. The van der Waals surface area contributed by atoms with Crippen molar-refractivity contribution in [2.24, 2.45) is 0 Å². The monoisotopic (exact) mass is 187 g/mol. The Bertz CT molecular complexity index is 185. The highest BCUT2D eigenvalue weighted by Gasteiger charge is 2.11. The van der Waals surface area contributed by atoms with E-state index in [0.29, 0.717) is 0 Å². The molecule has 0 aromatic heterocycles. The van der Waals surface area contributed by atoms with E-state index in [0.717, 1.165) is 0 Å². The molecular weight excluding hydrogens is 182 g/mol. The molecule has 0 radical (unpaired) electrons. The maximum Gasteiger partial charge on any atom is 0.0974 e. The van der Waals surface area contributed by atoms with E-state index in [-0.39, 0.29) is 0 Å². The highest BCUT2D eigenvalue weighted by Crippen LogP contribution is 2.43. The van der Waals surface area contributed by atoms with Crippen LogP contribution in [0.25, 0.3) is 0 Å². The molecule has 0 aromatic rings. The fourth-order valence-electron chi connectivity index (χ4n) is 0.667. The molecule has 2 heterocycles. The average Bonchev–Trinajstić information content (AvgIpc) is 2.59. The van der Waals surface area contributed by atoms with Crippen molar-refractivity contribution >= 4 is 35.3 Å². The van der Waals surface area contributed by atoms with E-state index in [4.69, 9.17) is 0 Å². The maximum absolute atomic E-state index is 3.18. The van der Waals surface area contributed by atoms with Crippen LogP contribution >= 0.6 is 35.3 Å². The maximum atomic E-state index is 3.18. The van der Waals surface area contributed by atoms with Gasteiger partial charge in [-0.15, -0.1) is 0 Å². The fourth-order valence-corrected chi connectivity index (χ4v) is 3.33. The minimum Gasteiger partial charge on any atom is -0.354 e. The molecule has 0 bridgehead atoms. The van der Waals surface area contributed by atoms with Crippen molar-refractivity contribution in [2.75, 3.05) is 0 Å². The topological polar surface area (TPSA) is 12.0 Å². The first-order chi connectivity index (χ1) is 4.97. The number of nitrogens with one attached hydrogen (secondary N) is 1. The minimum absolute atomic E-state index is 1.26. The van der Waals surface area contributed by atoms with Crippen LogP contribution < -0.4 is 5.32 Å². The predicted molar refractivity (Wildman–Crippen MR) is 51.2 cm³/mol. The second-order valence-electron chi connectivity index (χ2n) is 1.69. The Morgan fingerprint density at radius 3 is 2.40 bits per heavy atom. The molecule has 2 aliphatic rings. The summed E-state index contributed by atoms with van der Waals surface area (Å²) in [7, 11) is 0. The Labute approximate surface area is 72.4 Å². The van der Waals surface area contributed by atoms with Gasteiger partial charge in [-0.2, -0.15) is 0 Å². The molecule has 0 unspecified atom stereocenters. The van der Waals surface area contributed by atoms with Gasteiger partial charge in [-0.1, -0.05) is 35.3 Å². The summed E-state index contributed by atoms with van der Waals surface area (Å²) >= 11 is 5.30. The molecule has 0 saturated carbocycles. The van der Waals surface area contributed by atoms with Crippen LogP contribution in [-0.4, -0.2) is 0 Å². The lowest BCUT2D eigenvalue weighted by Crippen LogP contribution is -1.95. The number of rotatable bonds is 0. The van der Waals surface area contributed by atoms with E-state index in [1.54, 1.807) is 35.3 Å². The van der Waals surface area contributed by atoms with Gasteiger partial charge in [0.15, 0.2) is 0 Å². The third kappa shape index (κ3) is 1.24. The summed E-state index contributed by atoms with van der Waals surface area (Å²) in [5.41, 5.74) is 0. The van der Waals surface area contributed by atoms with Crippen LogP contribution in [0.5, 0.6) is 0 Å². The summed E-state index contributed by atoms with van der Waals surface area (Å²) < 4.78 is 1.36. The van der Waals surface area contributed by atoms with E-state index in [9.17, 15) is 0 Å². The quantitative estimate of drug-likeness (QED) is 0.625. The normalized spacial score (nSPS) is 22.4. The Hall–Kier alpha value is 0.0700. The molecule has 0 atom stereocenters. The van der Waals surface area contributed by atoms with Crippen LogP contribution in [0.2, 0.25) is 0 Å². The van der Waals surface area contributed by atoms with E-state index >= 15 is 0 Å². The van der Waals surface area contributed by atoms with Gasteiger partial charge in [0, 0.05) is 6.20 Å². The van der Waals surface area contributed by atoms with Crippen LogP contribution in [0.15, 0.2) is 31.7 Å². The third-order valence-corrected chi connectivity index (χ3v) is 4.28. The summed E-state index contributed by atoms with van der Waals surface area (Å²) in [5.74, 6) is 0. The second kappa shape index (κ2) is 2.98. The largest absolute Gasteiger partial charge is 0.354 e. The second-order valence-corrected chi connectivity index (χ2v) is 4.70. The molecule has 2 aliphatic heterocycles. The Morgan fingerprint density at radius 2 is 1.80 bits per heavy atom. The van der Waals surface area contributed by atoms with Crippen molar-refractivity contribution in [3.05, 3.63) is 31.7 Å². The molecule has 2 rings (SSSR count). The van der Waals surface area contributed by atoms with Crippen LogP contribution in [0.1, 0.15) is 0 Å². The number of thioether (sulfide) groups is 3. The Kier molecular flexibility index (Phi) is 2.02. The average molecular weight is 187 g/mol. The third-order valence-electron chi connectivity index (χ3n) is 1.06. The standard InChI is InChI=1S/C6H5NS3/c1-2-8-5(7-1)6-9-3-4-10-6/h1-4,7H.